The third-order valence-corrected chi connectivity index (χ3v) is 7.04. The van der Waals surface area contributed by atoms with E-state index < -0.39 is 0 Å². The summed E-state index contributed by atoms with van der Waals surface area (Å²) in [6, 6.07) is 23.1. The molecule has 0 aliphatic rings. The summed E-state index contributed by atoms with van der Waals surface area (Å²) in [7, 11) is 1.66. The van der Waals surface area contributed by atoms with Gasteiger partial charge in [0.2, 0.25) is 0 Å². The van der Waals surface area contributed by atoms with Crippen molar-refractivity contribution >= 4 is 40.6 Å². The summed E-state index contributed by atoms with van der Waals surface area (Å²) < 4.78 is 14.9. The van der Waals surface area contributed by atoms with Crippen LogP contribution in [0.25, 0.3) is 27.9 Å². The standard InChI is InChI=1S/C23H16N2O3Se/c1-27-16-8-6-7-15(13-16)22-23(25-12-5-4-11-20(25)24-22)29-19-14-21(26)28-18-10-3-2-9-17(18)19/h2-14H,1H3. The summed E-state index contributed by atoms with van der Waals surface area (Å²) in [5.74, 6) is 0.781. The first kappa shape index (κ1) is 17.7. The van der Waals surface area contributed by atoms with E-state index in [9.17, 15) is 4.79 Å². The van der Waals surface area contributed by atoms with Crippen molar-refractivity contribution in [3.63, 3.8) is 0 Å². The molecule has 0 spiro atoms. The van der Waals surface area contributed by atoms with Gasteiger partial charge in [0.15, 0.2) is 0 Å². The normalized spacial score (nSPS) is 11.2. The van der Waals surface area contributed by atoms with Gasteiger partial charge >= 0.3 is 173 Å². The van der Waals surface area contributed by atoms with Crippen LogP contribution in [0.15, 0.2) is 88.2 Å². The Morgan fingerprint density at radius 3 is 2.76 bits per heavy atom. The molecule has 5 nitrogen and oxygen atoms in total. The van der Waals surface area contributed by atoms with Crippen molar-refractivity contribution in [1.29, 1.82) is 0 Å². The van der Waals surface area contributed by atoms with E-state index >= 15 is 0 Å². The molecule has 29 heavy (non-hydrogen) atoms. The van der Waals surface area contributed by atoms with E-state index in [1.807, 2.05) is 72.9 Å². The number of nitrogens with zero attached hydrogens (tertiary/aromatic N) is 2. The number of aromatic nitrogens is 2. The van der Waals surface area contributed by atoms with Crippen LogP contribution in [0.1, 0.15) is 0 Å². The number of imidazole rings is 1. The first-order valence-electron chi connectivity index (χ1n) is 9.05. The number of para-hydroxylation sites is 1. The molecule has 0 radical (unpaired) electrons. The fourth-order valence-electron chi connectivity index (χ4n) is 3.30. The first-order valence-corrected chi connectivity index (χ1v) is 10.8. The first-order chi connectivity index (χ1) is 14.2. The van der Waals surface area contributed by atoms with Crippen LogP contribution in [-0.2, 0) is 0 Å². The summed E-state index contributed by atoms with van der Waals surface area (Å²) in [5, 5.41) is 0.953. The van der Waals surface area contributed by atoms with E-state index in [4.69, 9.17) is 14.1 Å². The van der Waals surface area contributed by atoms with Crippen LogP contribution in [0.3, 0.4) is 0 Å². The van der Waals surface area contributed by atoms with Crippen molar-refractivity contribution in [2.45, 2.75) is 0 Å². The molecule has 5 aromatic rings. The number of hydrogen-bond donors (Lipinski definition) is 0. The molecule has 2 aromatic carbocycles. The van der Waals surface area contributed by atoms with Crippen molar-refractivity contribution in [3.05, 3.63) is 89.4 Å². The van der Waals surface area contributed by atoms with Crippen molar-refractivity contribution in [2.75, 3.05) is 7.11 Å². The van der Waals surface area contributed by atoms with Crippen LogP contribution in [0.2, 0.25) is 0 Å². The van der Waals surface area contributed by atoms with Crippen LogP contribution in [-0.4, -0.2) is 31.5 Å². The fourth-order valence-corrected chi connectivity index (χ4v) is 5.72. The van der Waals surface area contributed by atoms with Gasteiger partial charge < -0.3 is 0 Å². The van der Waals surface area contributed by atoms with Gasteiger partial charge in [0.25, 0.3) is 0 Å². The number of pyridine rings is 1. The van der Waals surface area contributed by atoms with Crippen molar-refractivity contribution in [3.8, 4) is 17.0 Å². The van der Waals surface area contributed by atoms with Gasteiger partial charge in [-0.2, -0.15) is 0 Å². The molecule has 0 bridgehead atoms. The summed E-state index contributed by atoms with van der Waals surface area (Å²) in [4.78, 5) is 17.0. The molecular weight excluding hydrogens is 431 g/mol. The molecule has 0 saturated carbocycles. The molecule has 5 rings (SSSR count). The van der Waals surface area contributed by atoms with Gasteiger partial charge in [0.1, 0.15) is 0 Å². The number of rotatable bonds is 4. The monoisotopic (exact) mass is 448 g/mol. The second-order valence-corrected chi connectivity index (χ2v) is 8.62. The zero-order valence-electron chi connectivity index (χ0n) is 15.5. The van der Waals surface area contributed by atoms with E-state index in [-0.39, 0.29) is 20.6 Å². The Labute approximate surface area is 172 Å². The van der Waals surface area contributed by atoms with Gasteiger partial charge in [0, 0.05) is 0 Å². The Morgan fingerprint density at radius 2 is 1.86 bits per heavy atom. The molecule has 0 atom stereocenters. The topological polar surface area (TPSA) is 56.7 Å². The molecule has 0 aliphatic heterocycles. The second-order valence-electron chi connectivity index (χ2n) is 6.45. The van der Waals surface area contributed by atoms with Crippen molar-refractivity contribution in [1.82, 2.24) is 9.38 Å². The Balaban J connectivity index is 1.74. The van der Waals surface area contributed by atoms with Gasteiger partial charge in [-0.1, -0.05) is 0 Å². The summed E-state index contributed by atoms with van der Waals surface area (Å²) in [6.45, 7) is 0. The van der Waals surface area contributed by atoms with E-state index in [1.165, 1.54) is 0 Å². The van der Waals surface area contributed by atoms with E-state index in [1.54, 1.807) is 13.2 Å². The van der Waals surface area contributed by atoms with Crippen LogP contribution in [0.4, 0.5) is 0 Å². The predicted molar refractivity (Wildman–Crippen MR) is 115 cm³/mol. The Kier molecular flexibility index (Phi) is 4.43. The molecule has 0 amide bonds. The molecule has 0 unspecified atom stereocenters. The number of benzene rings is 2. The molecule has 0 saturated heterocycles. The number of methoxy groups -OCH3 is 1. The average molecular weight is 447 g/mol. The molecule has 0 N–H and O–H groups in total. The van der Waals surface area contributed by atoms with Crippen LogP contribution in [0.5, 0.6) is 5.75 Å². The number of fused-ring (bicyclic) bond motifs is 2. The van der Waals surface area contributed by atoms with Gasteiger partial charge in [0.05, 0.1) is 0 Å². The Morgan fingerprint density at radius 1 is 1.00 bits per heavy atom. The van der Waals surface area contributed by atoms with Gasteiger partial charge in [-0.25, -0.2) is 0 Å². The second kappa shape index (κ2) is 7.24. The van der Waals surface area contributed by atoms with E-state index in [0.717, 1.165) is 37.1 Å². The maximum atomic E-state index is 12.1. The number of ether oxygens (including phenoxy) is 1. The predicted octanol–water partition coefficient (Wildman–Crippen LogP) is 2.77. The fraction of sp³-hybridized carbons (Fsp3) is 0.0435. The average Bonchev–Trinajstić information content (AvgIpc) is 3.12. The third-order valence-electron chi connectivity index (χ3n) is 4.65. The molecule has 0 fully saturated rings. The van der Waals surface area contributed by atoms with Crippen molar-refractivity contribution < 1.29 is 9.15 Å². The SMILES string of the molecule is COc1cccc(-c2nc3ccccn3c2[Se]c2cc(=O)oc3ccccc23)c1. The molecular formula is C23H16N2O3Se. The summed E-state index contributed by atoms with van der Waals surface area (Å²) in [6.07, 6.45) is 2.01. The zero-order chi connectivity index (χ0) is 19.8. The zero-order valence-corrected chi connectivity index (χ0v) is 17.2. The van der Waals surface area contributed by atoms with Gasteiger partial charge in [-0.3, -0.25) is 0 Å². The third kappa shape index (κ3) is 3.22. The minimum atomic E-state index is -0.336. The summed E-state index contributed by atoms with van der Waals surface area (Å²) >= 11 is -0.172. The number of hydrogen-bond acceptors (Lipinski definition) is 4. The maximum absolute atomic E-state index is 12.1. The van der Waals surface area contributed by atoms with Gasteiger partial charge in [-0.05, 0) is 0 Å². The van der Waals surface area contributed by atoms with Crippen LogP contribution in [0, 0.1) is 0 Å². The molecule has 3 heterocycles. The molecule has 3 aromatic heterocycles. The minimum absolute atomic E-state index is 0.172. The quantitative estimate of drug-likeness (QED) is 0.314. The Hall–Kier alpha value is -3.34. The van der Waals surface area contributed by atoms with Crippen LogP contribution >= 0.6 is 0 Å². The molecule has 6 heteroatoms. The molecule has 142 valence electrons. The van der Waals surface area contributed by atoms with Gasteiger partial charge in [-0.15, -0.1) is 0 Å². The van der Waals surface area contributed by atoms with Crippen LogP contribution < -0.4 is 19.4 Å². The summed E-state index contributed by atoms with van der Waals surface area (Å²) in [5.41, 5.74) is 3.02. The van der Waals surface area contributed by atoms with E-state index in [2.05, 4.69) is 4.40 Å². The molecule has 0 aliphatic carbocycles. The Bertz CT molecular complexity index is 1400. The van der Waals surface area contributed by atoms with Crippen molar-refractivity contribution in [2.24, 2.45) is 0 Å². The van der Waals surface area contributed by atoms with E-state index in [0.29, 0.717) is 5.58 Å².